The highest BCUT2D eigenvalue weighted by atomic mass is 16.6. The van der Waals surface area contributed by atoms with Crippen molar-refractivity contribution in [3.05, 3.63) is 63.2 Å². The molecule has 0 aromatic heterocycles. The van der Waals surface area contributed by atoms with Gasteiger partial charge in [-0.25, -0.2) is 4.79 Å². The zero-order valence-electron chi connectivity index (χ0n) is 14.7. The highest BCUT2D eigenvalue weighted by Gasteiger charge is 2.16. The van der Waals surface area contributed by atoms with Crippen molar-refractivity contribution in [1.82, 2.24) is 0 Å². The van der Waals surface area contributed by atoms with Crippen molar-refractivity contribution in [2.45, 2.75) is 13.8 Å². The number of nitrogens with zero attached hydrogens (tertiary/aromatic N) is 1. The monoisotopic (exact) mass is 357 g/mol. The molecule has 0 aliphatic carbocycles. The molecule has 26 heavy (non-hydrogen) atoms. The Morgan fingerprint density at radius 3 is 2.42 bits per heavy atom. The maximum absolute atomic E-state index is 12.1. The first-order valence-electron chi connectivity index (χ1n) is 7.79. The first-order chi connectivity index (χ1) is 12.3. The number of benzene rings is 2. The van der Waals surface area contributed by atoms with Gasteiger partial charge in [-0.3, -0.25) is 14.9 Å². The molecular formula is C18H19N3O5. The van der Waals surface area contributed by atoms with Crippen LogP contribution >= 0.6 is 0 Å². The molecule has 0 radical (unpaired) electrons. The van der Waals surface area contributed by atoms with E-state index >= 15 is 0 Å². The van der Waals surface area contributed by atoms with E-state index in [1.165, 1.54) is 19.2 Å². The van der Waals surface area contributed by atoms with Crippen LogP contribution in [0.25, 0.3) is 0 Å². The van der Waals surface area contributed by atoms with Crippen LogP contribution in [-0.2, 0) is 9.53 Å². The van der Waals surface area contributed by atoms with Crippen molar-refractivity contribution < 1.29 is 19.2 Å². The lowest BCUT2D eigenvalue weighted by molar-refractivity contribution is -0.384. The summed E-state index contributed by atoms with van der Waals surface area (Å²) in [4.78, 5) is 34.2. The summed E-state index contributed by atoms with van der Waals surface area (Å²) in [7, 11) is 1.30. The number of nitro groups is 1. The molecule has 0 aliphatic rings. The number of hydrogen-bond acceptors (Lipinski definition) is 6. The van der Waals surface area contributed by atoms with E-state index in [1.54, 1.807) is 38.1 Å². The van der Waals surface area contributed by atoms with Crippen molar-refractivity contribution in [2.24, 2.45) is 0 Å². The van der Waals surface area contributed by atoms with Gasteiger partial charge in [0.05, 0.1) is 24.1 Å². The van der Waals surface area contributed by atoms with E-state index < -0.39 is 16.8 Å². The van der Waals surface area contributed by atoms with E-state index in [0.29, 0.717) is 11.3 Å². The third kappa shape index (κ3) is 4.56. The highest BCUT2D eigenvalue weighted by molar-refractivity contribution is 5.96. The van der Waals surface area contributed by atoms with E-state index in [2.05, 4.69) is 15.4 Å². The quantitative estimate of drug-likeness (QED) is 0.467. The molecule has 0 saturated carbocycles. The average molecular weight is 357 g/mol. The van der Waals surface area contributed by atoms with Crippen LogP contribution in [0, 0.1) is 24.0 Å². The molecule has 2 aromatic rings. The number of ether oxygens (including phenoxy) is 1. The summed E-state index contributed by atoms with van der Waals surface area (Å²) in [5, 5.41) is 16.6. The fourth-order valence-corrected chi connectivity index (χ4v) is 2.38. The van der Waals surface area contributed by atoms with Crippen LogP contribution in [0.15, 0.2) is 36.4 Å². The fourth-order valence-electron chi connectivity index (χ4n) is 2.38. The number of amides is 1. The van der Waals surface area contributed by atoms with Gasteiger partial charge in [-0.1, -0.05) is 6.07 Å². The number of methoxy groups -OCH3 is 1. The lowest BCUT2D eigenvalue weighted by Crippen LogP contribution is -2.22. The van der Waals surface area contributed by atoms with Gasteiger partial charge in [0.1, 0.15) is 5.69 Å². The van der Waals surface area contributed by atoms with Gasteiger partial charge < -0.3 is 15.4 Å². The van der Waals surface area contributed by atoms with Crippen molar-refractivity contribution >= 4 is 28.9 Å². The number of carbonyl (C=O) groups excluding carboxylic acids is 2. The van der Waals surface area contributed by atoms with Gasteiger partial charge in [0, 0.05) is 11.8 Å². The van der Waals surface area contributed by atoms with Crippen LogP contribution < -0.4 is 10.6 Å². The van der Waals surface area contributed by atoms with E-state index in [0.717, 1.165) is 11.1 Å². The molecule has 0 atom stereocenters. The van der Waals surface area contributed by atoms with Gasteiger partial charge in [0.2, 0.25) is 5.91 Å². The first kappa shape index (κ1) is 18.9. The Balaban J connectivity index is 2.04. The molecule has 0 fully saturated rings. The zero-order valence-corrected chi connectivity index (χ0v) is 14.7. The van der Waals surface area contributed by atoms with Crippen LogP contribution in [0.1, 0.15) is 21.5 Å². The summed E-state index contributed by atoms with van der Waals surface area (Å²) < 4.78 is 4.66. The molecule has 136 valence electrons. The molecule has 0 spiro atoms. The molecule has 1 amide bonds. The molecule has 0 saturated heterocycles. The van der Waals surface area contributed by atoms with Crippen LogP contribution in [0.2, 0.25) is 0 Å². The lowest BCUT2D eigenvalue weighted by Gasteiger charge is -2.11. The van der Waals surface area contributed by atoms with Crippen molar-refractivity contribution in [3.63, 3.8) is 0 Å². The Kier molecular flexibility index (Phi) is 5.90. The number of rotatable bonds is 6. The highest BCUT2D eigenvalue weighted by Crippen LogP contribution is 2.25. The Morgan fingerprint density at radius 2 is 1.81 bits per heavy atom. The Morgan fingerprint density at radius 1 is 1.12 bits per heavy atom. The maximum Gasteiger partial charge on any atom is 0.337 e. The minimum Gasteiger partial charge on any atom is -0.465 e. The zero-order chi connectivity index (χ0) is 19.3. The summed E-state index contributed by atoms with van der Waals surface area (Å²) in [5.41, 5.74) is 2.57. The van der Waals surface area contributed by atoms with Gasteiger partial charge in [-0.15, -0.1) is 0 Å². The Labute approximate surface area is 150 Å². The number of esters is 1. The topological polar surface area (TPSA) is 111 Å². The third-order valence-corrected chi connectivity index (χ3v) is 3.71. The molecule has 0 aliphatic heterocycles. The number of nitrogens with one attached hydrogen (secondary N) is 2. The number of carbonyl (C=O) groups is 2. The summed E-state index contributed by atoms with van der Waals surface area (Å²) in [6, 6.07) is 9.50. The minimum absolute atomic E-state index is 0.0799. The second-order valence-electron chi connectivity index (χ2n) is 5.70. The molecule has 8 heteroatoms. The SMILES string of the molecule is COC(=O)c1ccc(NCC(=O)Nc2ccc(C)cc2[N+](=O)[O-])c(C)c1. The van der Waals surface area contributed by atoms with E-state index in [1.807, 2.05) is 0 Å². The molecule has 2 rings (SSSR count). The molecule has 0 unspecified atom stereocenters. The number of aryl methyl sites for hydroxylation is 2. The first-order valence-corrected chi connectivity index (χ1v) is 7.79. The third-order valence-electron chi connectivity index (χ3n) is 3.71. The molecule has 0 bridgehead atoms. The second kappa shape index (κ2) is 8.11. The number of nitro benzene ring substituents is 1. The van der Waals surface area contributed by atoms with Crippen LogP contribution in [0.3, 0.4) is 0 Å². The van der Waals surface area contributed by atoms with Crippen molar-refractivity contribution in [3.8, 4) is 0 Å². The molecular weight excluding hydrogens is 338 g/mol. The summed E-state index contributed by atoms with van der Waals surface area (Å²) in [6.45, 7) is 3.45. The molecule has 0 heterocycles. The lowest BCUT2D eigenvalue weighted by atomic mass is 10.1. The Bertz CT molecular complexity index is 864. The summed E-state index contributed by atoms with van der Waals surface area (Å²) in [5.74, 6) is -0.863. The molecule has 8 nitrogen and oxygen atoms in total. The van der Waals surface area contributed by atoms with Gasteiger partial charge in [-0.2, -0.15) is 0 Å². The van der Waals surface area contributed by atoms with Gasteiger partial charge in [0.15, 0.2) is 0 Å². The standard InChI is InChI=1S/C18H19N3O5/c1-11-4-6-15(16(8-11)21(24)25)20-17(22)10-19-14-7-5-13(9-12(14)2)18(23)26-3/h4-9,19H,10H2,1-3H3,(H,20,22). The smallest absolute Gasteiger partial charge is 0.337 e. The number of anilines is 2. The normalized spacial score (nSPS) is 10.1. The van der Waals surface area contributed by atoms with E-state index in [4.69, 9.17) is 0 Å². The largest absolute Gasteiger partial charge is 0.465 e. The average Bonchev–Trinajstić information content (AvgIpc) is 2.61. The predicted molar refractivity (Wildman–Crippen MR) is 97.5 cm³/mol. The summed E-state index contributed by atoms with van der Waals surface area (Å²) in [6.07, 6.45) is 0. The molecule has 2 aromatic carbocycles. The molecule has 2 N–H and O–H groups in total. The minimum atomic E-state index is -0.536. The Hall–Kier alpha value is -3.42. The number of hydrogen-bond donors (Lipinski definition) is 2. The van der Waals surface area contributed by atoms with Gasteiger partial charge in [-0.05, 0) is 49.2 Å². The van der Waals surface area contributed by atoms with Crippen molar-refractivity contribution in [1.29, 1.82) is 0 Å². The predicted octanol–water partition coefficient (Wildman–Crippen LogP) is 3.05. The van der Waals surface area contributed by atoms with E-state index in [-0.39, 0.29) is 17.9 Å². The van der Waals surface area contributed by atoms with Crippen LogP contribution in [0.5, 0.6) is 0 Å². The van der Waals surface area contributed by atoms with Gasteiger partial charge >= 0.3 is 5.97 Å². The van der Waals surface area contributed by atoms with Gasteiger partial charge in [0.25, 0.3) is 5.69 Å². The summed E-state index contributed by atoms with van der Waals surface area (Å²) >= 11 is 0. The maximum atomic E-state index is 12.1. The van der Waals surface area contributed by atoms with E-state index in [9.17, 15) is 19.7 Å². The van der Waals surface area contributed by atoms with Crippen molar-refractivity contribution in [2.75, 3.05) is 24.3 Å². The second-order valence-corrected chi connectivity index (χ2v) is 5.70. The van der Waals surface area contributed by atoms with Crippen LogP contribution in [-0.4, -0.2) is 30.5 Å². The van der Waals surface area contributed by atoms with Crippen LogP contribution in [0.4, 0.5) is 17.1 Å². The fraction of sp³-hybridized carbons (Fsp3) is 0.222.